The predicted octanol–water partition coefficient (Wildman–Crippen LogP) is 13.2. The lowest BCUT2D eigenvalue weighted by Crippen LogP contribution is -2.56. The van der Waals surface area contributed by atoms with E-state index in [4.69, 9.17) is 28.4 Å². The Bertz CT molecular complexity index is 2850. The zero-order chi connectivity index (χ0) is 72.7. The third kappa shape index (κ3) is 34.6. The van der Waals surface area contributed by atoms with Crippen LogP contribution in [0.5, 0.6) is 11.5 Å². The van der Waals surface area contributed by atoms with E-state index in [2.05, 4.69) is 48.2 Å². The first-order valence-corrected chi connectivity index (χ1v) is 35.2. The lowest BCUT2D eigenvalue weighted by Gasteiger charge is -2.34. The van der Waals surface area contributed by atoms with Crippen LogP contribution in [-0.4, -0.2) is 143 Å². The number of unbranched alkanes of at least 4 members (excludes halogenated alkanes) is 16. The van der Waals surface area contributed by atoms with Gasteiger partial charge in [-0.05, 0) is 121 Å². The number of allylic oxidation sites excluding steroid dienone is 2. The topological polar surface area (TPSA) is 280 Å². The molecule has 98 heavy (non-hydrogen) atoms. The van der Waals surface area contributed by atoms with Crippen LogP contribution in [0.1, 0.15) is 227 Å². The molecule has 0 saturated carbocycles. The van der Waals surface area contributed by atoms with Crippen molar-refractivity contribution in [1.29, 1.82) is 0 Å². The normalized spacial score (nSPS) is 15.1. The maximum atomic E-state index is 14.0. The number of carbonyl (C=O) groups is 7. The number of carbonyl (C=O) groups excluding carboxylic acids is 5. The first kappa shape index (κ1) is 86.9. The highest BCUT2D eigenvalue weighted by molar-refractivity contribution is 5.94. The number of alkyl halides is 2. The van der Waals surface area contributed by atoms with Crippen molar-refractivity contribution in [1.82, 2.24) is 10.6 Å². The van der Waals surface area contributed by atoms with Crippen LogP contribution in [0.4, 0.5) is 8.78 Å². The summed E-state index contributed by atoms with van der Waals surface area (Å²) in [6.07, 6.45) is 26.6. The number of methoxy groups -OCH3 is 1. The van der Waals surface area contributed by atoms with E-state index in [0.717, 1.165) is 77.0 Å². The number of ketones is 1. The van der Waals surface area contributed by atoms with Gasteiger partial charge in [-0.15, -0.1) is 11.8 Å². The molecule has 0 radical (unpaired) electrons. The van der Waals surface area contributed by atoms with Crippen LogP contribution in [0.3, 0.4) is 0 Å². The molecule has 1 aliphatic heterocycles. The molecule has 6 N–H and O–H groups in total. The summed E-state index contributed by atoms with van der Waals surface area (Å²) >= 11 is 0. The molecule has 19 nitrogen and oxygen atoms in total. The number of benzene rings is 2. The number of nitrogens with one attached hydrogen (secondary N) is 2. The number of Topliss-reactive ketones (excluding diaryl/α,β-unsaturated/α-hetero) is 1. The van der Waals surface area contributed by atoms with Crippen molar-refractivity contribution in [2.45, 2.75) is 263 Å². The Morgan fingerprint density at radius 3 is 1.41 bits per heavy atom. The molecule has 1 saturated heterocycles. The van der Waals surface area contributed by atoms with E-state index >= 15 is 0 Å². The molecule has 0 spiro atoms. The second kappa shape index (κ2) is 49.4. The zero-order valence-corrected chi connectivity index (χ0v) is 59.6. The third-order valence-electron chi connectivity index (χ3n) is 16.7. The summed E-state index contributed by atoms with van der Waals surface area (Å²) in [7, 11) is 1.20. The number of carboxylic acids is 2. The summed E-state index contributed by atoms with van der Waals surface area (Å²) in [5.74, 6) is 1.83. The fourth-order valence-corrected chi connectivity index (χ4v) is 11.1. The number of hydrogen-bond acceptors (Lipinski definition) is 15. The lowest BCUT2D eigenvalue weighted by atomic mass is 9.82. The van der Waals surface area contributed by atoms with Crippen LogP contribution in [0, 0.1) is 35.5 Å². The molecule has 548 valence electrons. The molecule has 6 atom stereocenters. The number of amides is 2. The average Bonchev–Trinajstić information content (AvgIpc) is 1.05. The molecule has 0 aromatic heterocycles. The van der Waals surface area contributed by atoms with Gasteiger partial charge in [0.1, 0.15) is 48.2 Å². The Labute approximate surface area is 581 Å². The number of halogens is 2. The van der Waals surface area contributed by atoms with E-state index in [-0.39, 0.29) is 31.8 Å². The van der Waals surface area contributed by atoms with Gasteiger partial charge >= 0.3 is 23.9 Å². The zero-order valence-electron chi connectivity index (χ0n) is 59.6. The average molecular weight is 1380 g/mol. The van der Waals surface area contributed by atoms with Gasteiger partial charge in [0.2, 0.25) is 11.8 Å². The molecule has 1 heterocycles. The monoisotopic (exact) mass is 1380 g/mol. The number of carboxylic acid groups (broad SMARTS) is 2. The Kier molecular flexibility index (Phi) is 43.8. The highest BCUT2D eigenvalue weighted by Gasteiger charge is 2.50. The molecule has 2 amide bonds. The van der Waals surface area contributed by atoms with Gasteiger partial charge in [0.05, 0.1) is 45.5 Å². The van der Waals surface area contributed by atoms with E-state index in [1.54, 1.807) is 95.3 Å². The van der Waals surface area contributed by atoms with Crippen molar-refractivity contribution in [2.75, 3.05) is 46.9 Å². The minimum Gasteiger partial charge on any atom is -0.481 e. The van der Waals surface area contributed by atoms with Crippen molar-refractivity contribution in [3.8, 4) is 35.2 Å². The Morgan fingerprint density at radius 1 is 0.592 bits per heavy atom. The van der Waals surface area contributed by atoms with Gasteiger partial charge < -0.3 is 59.5 Å². The van der Waals surface area contributed by atoms with E-state index in [1.165, 1.54) is 64.2 Å². The largest absolute Gasteiger partial charge is 0.481 e. The minimum atomic E-state index is -2.77. The first-order valence-electron chi connectivity index (χ1n) is 35.2. The molecule has 0 unspecified atom stereocenters. The number of hydrogen-bond donors (Lipinski definition) is 6. The Hall–Kier alpha value is -7.17. The smallest absolute Gasteiger partial charge is 0.339 e. The van der Waals surface area contributed by atoms with Crippen molar-refractivity contribution in [2.24, 2.45) is 11.8 Å². The Morgan fingerprint density at radius 2 is 1.00 bits per heavy atom. The lowest BCUT2D eigenvalue weighted by molar-refractivity contribution is -0.184. The summed E-state index contributed by atoms with van der Waals surface area (Å²) in [6.45, 7) is 12.0. The van der Waals surface area contributed by atoms with Crippen molar-refractivity contribution in [3.63, 3.8) is 0 Å². The molecular formula is C77H114F2N2O17. The molecule has 0 bridgehead atoms. The van der Waals surface area contributed by atoms with E-state index in [1.807, 2.05) is 0 Å². The van der Waals surface area contributed by atoms with Gasteiger partial charge in [0, 0.05) is 51.4 Å². The first-order chi connectivity index (χ1) is 46.9. The predicted molar refractivity (Wildman–Crippen MR) is 373 cm³/mol. The maximum absolute atomic E-state index is 14.0. The second-order valence-electron chi connectivity index (χ2n) is 25.8. The molecule has 0 aliphatic carbocycles. The summed E-state index contributed by atoms with van der Waals surface area (Å²) in [4.78, 5) is 89.4. The molecule has 2 aromatic rings. The minimum absolute atomic E-state index is 0.0497. The van der Waals surface area contributed by atoms with Crippen LogP contribution in [0.15, 0.2) is 72.8 Å². The third-order valence-corrected chi connectivity index (χ3v) is 16.7. The van der Waals surface area contributed by atoms with Crippen LogP contribution in [0.2, 0.25) is 0 Å². The van der Waals surface area contributed by atoms with Gasteiger partial charge in [-0.1, -0.05) is 151 Å². The number of ether oxygens (including phenoxy) is 6. The number of aliphatic carboxylic acids is 2. The highest BCUT2D eigenvalue weighted by atomic mass is 19.1. The quantitative estimate of drug-likeness (QED) is 0.0155. The fourth-order valence-electron chi connectivity index (χ4n) is 11.1. The molecule has 2 aromatic carbocycles. The van der Waals surface area contributed by atoms with Gasteiger partial charge in [-0.3, -0.25) is 23.2 Å². The molecular weight excluding hydrogens is 1260 g/mol. The summed E-state index contributed by atoms with van der Waals surface area (Å²) < 4.78 is 60.8. The van der Waals surface area contributed by atoms with Crippen molar-refractivity contribution in [3.05, 3.63) is 84.0 Å². The summed E-state index contributed by atoms with van der Waals surface area (Å²) in [5.41, 5.74) is -5.06. The van der Waals surface area contributed by atoms with Crippen molar-refractivity contribution < 1.29 is 91.2 Å². The SMILES string of the molecule is CC#CCOc1ccc(C[C@H](NC(=O)[C@@H](/C=C/CCCCCCC(=O)CCCCCCC)[C@@](O)(CCF)C(=O)O)C(=O)O)cc1.CC#CCOc1ccc(C[C@H](NC(=O)[C@@H](/C=C/CCCCCCC2(CCCCCCC)OCCO2)[C@@](O)(CCF)C(=O)OC(C)(C)C)C(=O)OC)cc1. The Balaban J connectivity index is 0.000000676. The van der Waals surface area contributed by atoms with Crippen LogP contribution in [-0.2, 0) is 65.4 Å². The van der Waals surface area contributed by atoms with E-state index < -0.39 is 108 Å². The van der Waals surface area contributed by atoms with Gasteiger partial charge in [-0.2, -0.15) is 0 Å². The molecule has 21 heteroatoms. The highest BCUT2D eigenvalue weighted by Crippen LogP contribution is 2.33. The second-order valence-corrected chi connectivity index (χ2v) is 25.8. The van der Waals surface area contributed by atoms with Gasteiger partial charge in [0.15, 0.2) is 17.0 Å². The van der Waals surface area contributed by atoms with Crippen LogP contribution >= 0.6 is 0 Å². The summed E-state index contributed by atoms with van der Waals surface area (Å²) in [6, 6.07) is 10.9. The standard InChI is InChI=1S/C42H64FNO9.C35H50FNO8/c1-7-9-11-15-18-25-41(51-30-31-52-41)26-19-16-13-12-14-17-20-35(42(48,27-28-43)39(47)53-40(3,4)5)37(45)44-36(38(46)49-6)32-33-21-23-34(24-22-33)50-29-10-8-2;1-3-5-7-10-13-16-28(38)17-14-11-8-9-12-15-18-30(35(44,23-24-36)34(42)43)32(39)37-31(33(40)41)26-27-19-21-29(22-20-27)45-25-6-4-2/h17,20-24,35-36,48H,7,9,11-16,18-19,25-32H2,1-6H3,(H,44,45);15,18-22,30-31,44H,3,5,7-14,16-17,23-26H2,1-2H3,(H,37,39)(H,40,41)(H,42,43)/b20-17+;18-15+/t35-,36+,42+;30-,31+,35+/m11/s1. The fraction of sp³-hybridized carbons (Fsp3) is 0.649. The molecule has 3 rings (SSSR count). The van der Waals surface area contributed by atoms with Crippen molar-refractivity contribution >= 4 is 41.5 Å². The number of esters is 2. The number of aliphatic hydroxyl groups is 2. The molecule has 1 fully saturated rings. The molecule has 1 aliphatic rings. The maximum Gasteiger partial charge on any atom is 0.339 e. The van der Waals surface area contributed by atoms with Crippen LogP contribution < -0.4 is 20.1 Å². The van der Waals surface area contributed by atoms with E-state index in [0.29, 0.717) is 67.9 Å². The van der Waals surface area contributed by atoms with E-state index in [9.17, 15) is 62.8 Å². The van der Waals surface area contributed by atoms with Gasteiger partial charge in [0.25, 0.3) is 0 Å². The van der Waals surface area contributed by atoms with Crippen LogP contribution in [0.25, 0.3) is 0 Å². The number of rotatable bonds is 50. The summed E-state index contributed by atoms with van der Waals surface area (Å²) in [5, 5.41) is 47.0. The van der Waals surface area contributed by atoms with Gasteiger partial charge in [-0.25, -0.2) is 19.2 Å².